The highest BCUT2D eigenvalue weighted by Crippen LogP contribution is 2.34. The number of pyridine rings is 1. The minimum Gasteiger partial charge on any atom is -0.482 e. The third-order valence-electron chi connectivity index (χ3n) is 5.45. The van der Waals surface area contributed by atoms with Crippen molar-refractivity contribution in [3.05, 3.63) is 52.8 Å². The van der Waals surface area contributed by atoms with Crippen LogP contribution in [0.15, 0.2) is 30.3 Å². The lowest BCUT2D eigenvalue weighted by molar-refractivity contribution is -0.121. The maximum absolute atomic E-state index is 12.6. The monoisotopic (exact) mass is 453 g/mol. The van der Waals surface area contributed by atoms with Crippen molar-refractivity contribution >= 4 is 23.5 Å². The summed E-state index contributed by atoms with van der Waals surface area (Å²) in [7, 11) is 0. The summed E-state index contributed by atoms with van der Waals surface area (Å²) in [6, 6.07) is 8.51. The van der Waals surface area contributed by atoms with Gasteiger partial charge in [0.1, 0.15) is 18.0 Å². The van der Waals surface area contributed by atoms with Gasteiger partial charge in [-0.05, 0) is 50.6 Å². The van der Waals surface area contributed by atoms with Gasteiger partial charge < -0.3 is 19.5 Å². The molecule has 2 aromatic rings. The summed E-state index contributed by atoms with van der Waals surface area (Å²) in [6.07, 6.45) is 0.242. The number of hydrogen-bond acceptors (Lipinski definition) is 7. The van der Waals surface area contributed by atoms with Gasteiger partial charge in [0, 0.05) is 24.2 Å². The van der Waals surface area contributed by atoms with Crippen LogP contribution in [0, 0.1) is 0 Å². The number of benzene rings is 1. The van der Waals surface area contributed by atoms with Crippen molar-refractivity contribution in [1.82, 2.24) is 9.88 Å². The van der Waals surface area contributed by atoms with Gasteiger partial charge in [-0.15, -0.1) is 0 Å². The van der Waals surface area contributed by atoms with Crippen LogP contribution in [0.3, 0.4) is 0 Å². The highest BCUT2D eigenvalue weighted by Gasteiger charge is 2.29. The molecule has 0 saturated heterocycles. The summed E-state index contributed by atoms with van der Waals surface area (Å²) >= 11 is 0. The predicted molar refractivity (Wildman–Crippen MR) is 119 cm³/mol. The highest BCUT2D eigenvalue weighted by atomic mass is 16.6. The van der Waals surface area contributed by atoms with Gasteiger partial charge in [0.25, 0.3) is 5.91 Å². The van der Waals surface area contributed by atoms with E-state index in [1.54, 1.807) is 23.1 Å². The lowest BCUT2D eigenvalue weighted by atomic mass is 10.0. The van der Waals surface area contributed by atoms with Crippen LogP contribution in [0.25, 0.3) is 0 Å². The predicted octanol–water partition coefficient (Wildman–Crippen LogP) is 2.48. The molecule has 9 heteroatoms. The summed E-state index contributed by atoms with van der Waals surface area (Å²) in [5.74, 6) is -0.181. The Hall–Kier alpha value is -3.46. The topological polar surface area (TPSA) is 109 Å². The first kappa shape index (κ1) is 22.7. The van der Waals surface area contributed by atoms with Crippen LogP contribution < -0.4 is 9.64 Å². The maximum Gasteiger partial charge on any atom is 0.410 e. The molecule has 0 unspecified atom stereocenters. The molecule has 1 N–H and O–H groups in total. The quantitative estimate of drug-likeness (QED) is 0.709. The molecule has 1 aromatic heterocycles. The average Bonchev–Trinajstić information content (AvgIpc) is 2.78. The molecule has 0 spiro atoms. The smallest absolute Gasteiger partial charge is 0.410 e. The fourth-order valence-electron chi connectivity index (χ4n) is 3.83. The normalized spacial score (nSPS) is 15.5. The number of fused-ring (bicyclic) bond motifs is 2. The number of aromatic nitrogens is 1. The van der Waals surface area contributed by atoms with Gasteiger partial charge in [-0.25, -0.2) is 4.79 Å². The number of rotatable bonds is 4. The second-order valence-electron chi connectivity index (χ2n) is 9.09. The van der Waals surface area contributed by atoms with Gasteiger partial charge >= 0.3 is 6.09 Å². The molecule has 2 aliphatic heterocycles. The molecule has 0 radical (unpaired) electrons. The Morgan fingerprint density at radius 1 is 1.21 bits per heavy atom. The molecular formula is C24H27N3O6. The van der Waals surface area contributed by atoms with Crippen molar-refractivity contribution < 1.29 is 29.0 Å². The van der Waals surface area contributed by atoms with Gasteiger partial charge in [0.05, 0.1) is 24.5 Å². The zero-order valence-electron chi connectivity index (χ0n) is 19.0. The fourth-order valence-corrected chi connectivity index (χ4v) is 3.83. The van der Waals surface area contributed by atoms with Crippen LogP contribution in [0.4, 0.5) is 10.5 Å². The summed E-state index contributed by atoms with van der Waals surface area (Å²) in [5.41, 5.74) is 2.75. The molecule has 4 rings (SSSR count). The number of nitrogens with zero attached hydrogens (tertiary/aromatic N) is 3. The molecule has 9 nitrogen and oxygen atoms in total. The second kappa shape index (κ2) is 8.82. The molecule has 2 aliphatic rings. The molecule has 0 aliphatic carbocycles. The summed E-state index contributed by atoms with van der Waals surface area (Å²) < 4.78 is 11.0. The number of carbonyl (C=O) groups excluding carboxylic acids is 3. The molecule has 0 fully saturated rings. The number of aliphatic hydroxyl groups is 1. The lowest BCUT2D eigenvalue weighted by Gasteiger charge is -2.32. The summed E-state index contributed by atoms with van der Waals surface area (Å²) in [6.45, 7) is 5.94. The van der Waals surface area contributed by atoms with Gasteiger partial charge in [-0.2, -0.15) is 0 Å². The second-order valence-corrected chi connectivity index (χ2v) is 9.09. The van der Waals surface area contributed by atoms with Crippen molar-refractivity contribution in [3.8, 4) is 5.75 Å². The van der Waals surface area contributed by atoms with Crippen LogP contribution >= 0.6 is 0 Å². The third-order valence-corrected chi connectivity index (χ3v) is 5.45. The van der Waals surface area contributed by atoms with E-state index in [0.717, 1.165) is 11.3 Å². The van der Waals surface area contributed by atoms with Gasteiger partial charge in [-0.3, -0.25) is 19.5 Å². The SMILES string of the molecule is CC(C)(C)OC(=O)N1CCc2nc(CN3C(=O)COc4ccc(C(=O)CO)cc43)ccc2C1. The Balaban J connectivity index is 1.53. The van der Waals surface area contributed by atoms with Gasteiger partial charge in [0.15, 0.2) is 12.4 Å². The molecule has 2 amide bonds. The number of amides is 2. The standard InChI is InChI=1S/C24H27N3O6/c1-24(2,3)33-23(31)26-9-8-18-16(11-26)4-6-17(25-18)12-27-19-10-15(20(29)13-28)5-7-21(19)32-14-22(27)30/h4-7,10,28H,8-9,11-14H2,1-3H3. The fraction of sp³-hybridized carbons (Fsp3) is 0.417. The first-order valence-electron chi connectivity index (χ1n) is 10.8. The summed E-state index contributed by atoms with van der Waals surface area (Å²) in [4.78, 5) is 44.9. The summed E-state index contributed by atoms with van der Waals surface area (Å²) in [5, 5.41) is 9.16. The molecule has 0 saturated carbocycles. The number of aliphatic hydroxyl groups excluding tert-OH is 1. The molecule has 174 valence electrons. The van der Waals surface area contributed by atoms with E-state index in [0.29, 0.717) is 42.2 Å². The van der Waals surface area contributed by atoms with E-state index < -0.39 is 18.0 Å². The Morgan fingerprint density at radius 3 is 2.73 bits per heavy atom. The minimum absolute atomic E-state index is 0.101. The lowest BCUT2D eigenvalue weighted by Crippen LogP contribution is -2.40. The third kappa shape index (κ3) is 4.98. The van der Waals surface area contributed by atoms with E-state index in [1.807, 2.05) is 32.9 Å². The van der Waals surface area contributed by atoms with Crippen LogP contribution in [0.1, 0.15) is 48.1 Å². The molecule has 0 atom stereocenters. The first-order chi connectivity index (χ1) is 15.6. The van der Waals surface area contributed by atoms with E-state index in [2.05, 4.69) is 0 Å². The number of ketones is 1. The van der Waals surface area contributed by atoms with E-state index in [1.165, 1.54) is 4.90 Å². The van der Waals surface area contributed by atoms with Gasteiger partial charge in [0.2, 0.25) is 0 Å². The Morgan fingerprint density at radius 2 is 2.00 bits per heavy atom. The minimum atomic E-state index is -0.611. The number of hydrogen-bond donors (Lipinski definition) is 1. The maximum atomic E-state index is 12.6. The van der Waals surface area contributed by atoms with Crippen LogP contribution in [-0.4, -0.2) is 58.1 Å². The van der Waals surface area contributed by atoms with E-state index in [9.17, 15) is 14.4 Å². The van der Waals surface area contributed by atoms with E-state index >= 15 is 0 Å². The van der Waals surface area contributed by atoms with Crippen LogP contribution in [-0.2, 0) is 29.0 Å². The Bertz CT molecular complexity index is 1110. The number of Topliss-reactive ketones (excluding diaryl/α,β-unsaturated/α-hetero) is 1. The molecule has 1 aromatic carbocycles. The largest absolute Gasteiger partial charge is 0.482 e. The van der Waals surface area contributed by atoms with Crippen molar-refractivity contribution in [2.24, 2.45) is 0 Å². The Kier molecular flexibility index (Phi) is 6.07. The highest BCUT2D eigenvalue weighted by molar-refractivity contribution is 6.02. The number of ether oxygens (including phenoxy) is 2. The first-order valence-corrected chi connectivity index (χ1v) is 10.8. The Labute approximate surface area is 191 Å². The molecular weight excluding hydrogens is 426 g/mol. The van der Waals surface area contributed by atoms with Crippen LogP contribution in [0.2, 0.25) is 0 Å². The van der Waals surface area contributed by atoms with E-state index in [-0.39, 0.29) is 25.2 Å². The van der Waals surface area contributed by atoms with Crippen LogP contribution in [0.5, 0.6) is 5.75 Å². The zero-order valence-corrected chi connectivity index (χ0v) is 19.0. The van der Waals surface area contributed by atoms with Crippen molar-refractivity contribution in [2.75, 3.05) is 24.7 Å². The molecule has 33 heavy (non-hydrogen) atoms. The van der Waals surface area contributed by atoms with Crippen molar-refractivity contribution in [1.29, 1.82) is 0 Å². The number of anilines is 1. The molecule has 0 bridgehead atoms. The van der Waals surface area contributed by atoms with Crippen molar-refractivity contribution in [2.45, 2.75) is 45.9 Å². The number of carbonyl (C=O) groups is 3. The zero-order chi connectivity index (χ0) is 23.8. The molecule has 3 heterocycles. The van der Waals surface area contributed by atoms with Crippen molar-refractivity contribution in [3.63, 3.8) is 0 Å². The van der Waals surface area contributed by atoms with E-state index in [4.69, 9.17) is 19.6 Å². The average molecular weight is 453 g/mol. The van der Waals surface area contributed by atoms with Gasteiger partial charge in [-0.1, -0.05) is 6.07 Å².